The molecule has 1 aliphatic rings. The second kappa shape index (κ2) is 9.27. The first-order chi connectivity index (χ1) is 15.0. The van der Waals surface area contributed by atoms with Gasteiger partial charge in [0.2, 0.25) is 21.8 Å². The highest BCUT2D eigenvalue weighted by Crippen LogP contribution is 2.31. The van der Waals surface area contributed by atoms with E-state index in [-0.39, 0.29) is 38.6 Å². The molecule has 0 aliphatic carbocycles. The van der Waals surface area contributed by atoms with Crippen molar-refractivity contribution in [2.45, 2.75) is 11.1 Å². The van der Waals surface area contributed by atoms with Crippen molar-refractivity contribution in [2.75, 3.05) is 38.0 Å². The standard InChI is InChI=1S/C20H21F3N4O4S/c21-20(22,23)15-2-1-3-17(12-15)32(30,31)27-10-8-26(9-11-27)13-18(28)25-16-6-4-14(5-7-16)19(24)29/h1-7,12H,8-11,13H2,(H2,24,29)(H,25,28). The summed E-state index contributed by atoms with van der Waals surface area (Å²) in [5.41, 5.74) is 4.92. The van der Waals surface area contributed by atoms with Gasteiger partial charge in [-0.2, -0.15) is 17.5 Å². The van der Waals surface area contributed by atoms with Crippen LogP contribution in [-0.4, -0.2) is 62.2 Å². The van der Waals surface area contributed by atoms with E-state index >= 15 is 0 Å². The first-order valence-electron chi connectivity index (χ1n) is 9.56. The number of anilines is 1. The molecule has 0 spiro atoms. The highest BCUT2D eigenvalue weighted by atomic mass is 32.2. The monoisotopic (exact) mass is 470 g/mol. The summed E-state index contributed by atoms with van der Waals surface area (Å²) in [5, 5.41) is 2.67. The van der Waals surface area contributed by atoms with Crippen molar-refractivity contribution in [2.24, 2.45) is 5.73 Å². The lowest BCUT2D eigenvalue weighted by Gasteiger charge is -2.33. The van der Waals surface area contributed by atoms with E-state index in [9.17, 15) is 31.2 Å². The van der Waals surface area contributed by atoms with Crippen LogP contribution in [0, 0.1) is 0 Å². The molecular formula is C20H21F3N4O4S. The van der Waals surface area contributed by atoms with Gasteiger partial charge in [0.05, 0.1) is 17.0 Å². The molecule has 0 unspecified atom stereocenters. The van der Waals surface area contributed by atoms with Crippen LogP contribution in [0.5, 0.6) is 0 Å². The number of halogens is 3. The normalized spacial score (nSPS) is 16.0. The van der Waals surface area contributed by atoms with Crippen molar-refractivity contribution in [3.8, 4) is 0 Å². The number of nitrogens with zero attached hydrogens (tertiary/aromatic N) is 2. The van der Waals surface area contributed by atoms with Crippen LogP contribution in [0.25, 0.3) is 0 Å². The number of primary amides is 1. The van der Waals surface area contributed by atoms with Crippen LogP contribution in [0.3, 0.4) is 0 Å². The Morgan fingerprint density at radius 3 is 2.19 bits per heavy atom. The van der Waals surface area contributed by atoms with E-state index in [0.29, 0.717) is 17.3 Å². The molecule has 1 saturated heterocycles. The number of rotatable bonds is 6. The smallest absolute Gasteiger partial charge is 0.366 e. The van der Waals surface area contributed by atoms with Crippen molar-refractivity contribution >= 4 is 27.5 Å². The Morgan fingerprint density at radius 1 is 1.00 bits per heavy atom. The number of amides is 2. The molecule has 1 heterocycles. The van der Waals surface area contributed by atoms with Crippen LogP contribution in [-0.2, 0) is 21.0 Å². The van der Waals surface area contributed by atoms with Crippen LogP contribution < -0.4 is 11.1 Å². The third-order valence-electron chi connectivity index (χ3n) is 4.95. The number of alkyl halides is 3. The zero-order chi connectivity index (χ0) is 23.5. The molecule has 0 atom stereocenters. The van der Waals surface area contributed by atoms with E-state index in [1.807, 2.05) is 0 Å². The Labute approximate surface area is 182 Å². The quantitative estimate of drug-likeness (QED) is 0.668. The Bertz CT molecular complexity index is 1100. The van der Waals surface area contributed by atoms with Gasteiger partial charge in [-0.15, -0.1) is 0 Å². The van der Waals surface area contributed by atoms with E-state index in [2.05, 4.69) is 5.32 Å². The topological polar surface area (TPSA) is 113 Å². The molecule has 0 radical (unpaired) electrons. The third kappa shape index (κ3) is 5.64. The lowest BCUT2D eigenvalue weighted by molar-refractivity contribution is -0.137. The number of carbonyl (C=O) groups excluding carboxylic acids is 2. The van der Waals surface area contributed by atoms with E-state index in [0.717, 1.165) is 22.5 Å². The number of nitrogens with one attached hydrogen (secondary N) is 1. The maximum atomic E-state index is 12.9. The molecule has 0 bridgehead atoms. The van der Waals surface area contributed by atoms with Gasteiger partial charge in [-0.1, -0.05) is 6.07 Å². The summed E-state index contributed by atoms with van der Waals surface area (Å²) >= 11 is 0. The van der Waals surface area contributed by atoms with E-state index in [1.165, 1.54) is 24.3 Å². The average molecular weight is 470 g/mol. The summed E-state index contributed by atoms with van der Waals surface area (Å²) < 4.78 is 65.3. The first-order valence-corrected chi connectivity index (χ1v) is 11.0. The van der Waals surface area contributed by atoms with Crippen LogP contribution in [0.15, 0.2) is 53.4 Å². The summed E-state index contributed by atoms with van der Waals surface area (Å²) in [5.74, 6) is -0.910. The Balaban J connectivity index is 1.56. The molecule has 172 valence electrons. The number of piperazine rings is 1. The van der Waals surface area contributed by atoms with Gasteiger partial charge in [-0.05, 0) is 42.5 Å². The summed E-state index contributed by atoms with van der Waals surface area (Å²) in [6.07, 6.45) is -4.64. The lowest BCUT2D eigenvalue weighted by Crippen LogP contribution is -2.50. The molecule has 8 nitrogen and oxygen atoms in total. The van der Waals surface area contributed by atoms with E-state index in [1.54, 1.807) is 4.90 Å². The summed E-state index contributed by atoms with van der Waals surface area (Å²) in [6.45, 7) is 0.575. The number of nitrogens with two attached hydrogens (primary N) is 1. The van der Waals surface area contributed by atoms with Crippen LogP contribution in [0.1, 0.15) is 15.9 Å². The SMILES string of the molecule is NC(=O)c1ccc(NC(=O)CN2CCN(S(=O)(=O)c3cccc(C(F)(F)F)c3)CC2)cc1. The molecule has 2 aromatic rings. The Morgan fingerprint density at radius 2 is 1.62 bits per heavy atom. The molecule has 32 heavy (non-hydrogen) atoms. The minimum Gasteiger partial charge on any atom is -0.366 e. The number of sulfonamides is 1. The first kappa shape index (κ1) is 23.7. The van der Waals surface area contributed by atoms with Gasteiger partial charge in [0, 0.05) is 37.4 Å². The summed E-state index contributed by atoms with van der Waals surface area (Å²) in [6, 6.07) is 9.68. The maximum Gasteiger partial charge on any atom is 0.416 e. The van der Waals surface area contributed by atoms with E-state index in [4.69, 9.17) is 5.73 Å². The van der Waals surface area contributed by atoms with Gasteiger partial charge in [0.1, 0.15) is 0 Å². The molecule has 3 N–H and O–H groups in total. The van der Waals surface area contributed by atoms with Crippen molar-refractivity contribution < 1.29 is 31.2 Å². The molecule has 2 aromatic carbocycles. The molecule has 1 aliphatic heterocycles. The molecule has 0 saturated carbocycles. The minimum absolute atomic E-state index is 0.00895. The number of carbonyl (C=O) groups is 2. The van der Waals surface area contributed by atoms with Gasteiger partial charge >= 0.3 is 6.18 Å². The van der Waals surface area contributed by atoms with Gasteiger partial charge in [-0.25, -0.2) is 8.42 Å². The van der Waals surface area contributed by atoms with Gasteiger partial charge in [-0.3, -0.25) is 14.5 Å². The van der Waals surface area contributed by atoms with Gasteiger partial charge in [0.25, 0.3) is 0 Å². The largest absolute Gasteiger partial charge is 0.416 e. The molecule has 0 aromatic heterocycles. The summed E-state index contributed by atoms with van der Waals surface area (Å²) in [4.78, 5) is 24.6. The second-order valence-electron chi connectivity index (χ2n) is 7.20. The Hall–Kier alpha value is -2.96. The molecule has 1 fully saturated rings. The fourth-order valence-corrected chi connectivity index (χ4v) is 4.70. The number of hydrogen-bond donors (Lipinski definition) is 2. The van der Waals surface area contributed by atoms with Gasteiger partial charge in [0.15, 0.2) is 0 Å². The van der Waals surface area contributed by atoms with Crippen LogP contribution in [0.2, 0.25) is 0 Å². The van der Waals surface area contributed by atoms with Crippen molar-refractivity contribution in [3.63, 3.8) is 0 Å². The summed E-state index contributed by atoms with van der Waals surface area (Å²) in [7, 11) is -4.09. The maximum absolute atomic E-state index is 12.9. The minimum atomic E-state index is -4.64. The number of hydrogen-bond acceptors (Lipinski definition) is 5. The molecular weight excluding hydrogens is 449 g/mol. The fraction of sp³-hybridized carbons (Fsp3) is 0.300. The predicted molar refractivity (Wildman–Crippen MR) is 110 cm³/mol. The highest BCUT2D eigenvalue weighted by molar-refractivity contribution is 7.89. The van der Waals surface area contributed by atoms with E-state index < -0.39 is 32.6 Å². The highest BCUT2D eigenvalue weighted by Gasteiger charge is 2.34. The molecule has 12 heteroatoms. The fourth-order valence-electron chi connectivity index (χ4n) is 3.23. The number of benzene rings is 2. The van der Waals surface area contributed by atoms with Crippen LogP contribution >= 0.6 is 0 Å². The third-order valence-corrected chi connectivity index (χ3v) is 6.85. The van der Waals surface area contributed by atoms with Crippen molar-refractivity contribution in [3.05, 3.63) is 59.7 Å². The zero-order valence-electron chi connectivity index (χ0n) is 16.8. The van der Waals surface area contributed by atoms with Crippen molar-refractivity contribution in [1.29, 1.82) is 0 Å². The van der Waals surface area contributed by atoms with Gasteiger partial charge < -0.3 is 11.1 Å². The second-order valence-corrected chi connectivity index (χ2v) is 9.13. The van der Waals surface area contributed by atoms with Crippen LogP contribution in [0.4, 0.5) is 18.9 Å². The molecule has 2 amide bonds. The lowest BCUT2D eigenvalue weighted by atomic mass is 10.2. The molecule has 3 rings (SSSR count). The Kier molecular flexibility index (Phi) is 6.86. The zero-order valence-corrected chi connectivity index (χ0v) is 17.6. The average Bonchev–Trinajstić information content (AvgIpc) is 2.74. The predicted octanol–water partition coefficient (Wildman–Crippen LogP) is 1.75. The van der Waals surface area contributed by atoms with Crippen molar-refractivity contribution in [1.82, 2.24) is 9.21 Å².